The van der Waals surface area contributed by atoms with Gasteiger partial charge in [0.15, 0.2) is 0 Å². The van der Waals surface area contributed by atoms with E-state index in [1.54, 1.807) is 13.2 Å². The standard InChI is InChI=1S/C14H10BrCl2FO/c1-19-13-5-3-9(15)7-10(13)14(17)8-2-4-12(18)11(16)6-8/h2-7,14H,1H3. The fourth-order valence-corrected chi connectivity index (χ4v) is 2.63. The van der Waals surface area contributed by atoms with Gasteiger partial charge in [-0.2, -0.15) is 0 Å². The minimum atomic E-state index is -0.467. The van der Waals surface area contributed by atoms with E-state index < -0.39 is 11.2 Å². The first-order chi connectivity index (χ1) is 9.02. The highest BCUT2D eigenvalue weighted by Gasteiger charge is 2.17. The predicted molar refractivity (Wildman–Crippen MR) is 79.8 cm³/mol. The van der Waals surface area contributed by atoms with Crippen molar-refractivity contribution in [1.82, 2.24) is 0 Å². The van der Waals surface area contributed by atoms with Gasteiger partial charge >= 0.3 is 0 Å². The van der Waals surface area contributed by atoms with Crippen LogP contribution in [0.2, 0.25) is 5.02 Å². The molecule has 0 bridgehead atoms. The Morgan fingerprint density at radius 3 is 2.58 bits per heavy atom. The summed E-state index contributed by atoms with van der Waals surface area (Å²) in [5.74, 6) is 0.208. The molecular weight excluding hydrogens is 354 g/mol. The fraction of sp³-hybridized carbons (Fsp3) is 0.143. The molecule has 0 aliphatic carbocycles. The Morgan fingerprint density at radius 2 is 1.95 bits per heavy atom. The normalized spacial score (nSPS) is 12.3. The van der Waals surface area contributed by atoms with Crippen LogP contribution in [-0.2, 0) is 0 Å². The lowest BCUT2D eigenvalue weighted by Gasteiger charge is -2.15. The summed E-state index contributed by atoms with van der Waals surface area (Å²) in [5, 5.41) is -0.414. The Balaban J connectivity index is 2.45. The summed E-state index contributed by atoms with van der Waals surface area (Å²) >= 11 is 15.6. The summed E-state index contributed by atoms with van der Waals surface area (Å²) in [4.78, 5) is 0. The molecule has 2 aromatic carbocycles. The van der Waals surface area contributed by atoms with E-state index in [2.05, 4.69) is 15.9 Å². The van der Waals surface area contributed by atoms with Crippen LogP contribution in [0.3, 0.4) is 0 Å². The van der Waals surface area contributed by atoms with Gasteiger partial charge < -0.3 is 4.74 Å². The summed E-state index contributed by atoms with van der Waals surface area (Å²) in [5.41, 5.74) is 1.51. The second-order valence-corrected chi connectivity index (χ2v) is 5.68. The highest BCUT2D eigenvalue weighted by atomic mass is 79.9. The molecule has 2 rings (SSSR count). The van der Waals surface area contributed by atoms with Crippen LogP contribution < -0.4 is 4.74 Å². The van der Waals surface area contributed by atoms with Crippen LogP contribution in [0.25, 0.3) is 0 Å². The molecule has 1 atom stereocenters. The lowest BCUT2D eigenvalue weighted by molar-refractivity contribution is 0.410. The van der Waals surface area contributed by atoms with Gasteiger partial charge in [0.1, 0.15) is 11.6 Å². The van der Waals surface area contributed by atoms with Crippen LogP contribution >= 0.6 is 39.1 Å². The summed E-state index contributed by atoms with van der Waals surface area (Å²) < 4.78 is 19.3. The summed E-state index contributed by atoms with van der Waals surface area (Å²) in [6.45, 7) is 0. The van der Waals surface area contributed by atoms with Gasteiger partial charge in [-0.3, -0.25) is 0 Å². The number of rotatable bonds is 3. The number of alkyl halides is 1. The molecule has 0 saturated carbocycles. The fourth-order valence-electron chi connectivity index (χ4n) is 1.75. The van der Waals surface area contributed by atoms with Crippen molar-refractivity contribution in [3.8, 4) is 5.75 Å². The van der Waals surface area contributed by atoms with E-state index in [1.807, 2.05) is 18.2 Å². The Morgan fingerprint density at radius 1 is 1.21 bits per heavy atom. The highest BCUT2D eigenvalue weighted by molar-refractivity contribution is 9.10. The molecule has 1 nitrogen and oxygen atoms in total. The minimum absolute atomic E-state index is 0.0529. The number of methoxy groups -OCH3 is 1. The monoisotopic (exact) mass is 362 g/mol. The molecule has 0 aromatic heterocycles. The topological polar surface area (TPSA) is 9.23 Å². The average molecular weight is 364 g/mol. The molecule has 5 heteroatoms. The van der Waals surface area contributed by atoms with Crippen LogP contribution in [0.15, 0.2) is 40.9 Å². The molecule has 19 heavy (non-hydrogen) atoms. The van der Waals surface area contributed by atoms with Crippen molar-refractivity contribution in [2.75, 3.05) is 7.11 Å². The van der Waals surface area contributed by atoms with Crippen molar-refractivity contribution in [2.24, 2.45) is 0 Å². The van der Waals surface area contributed by atoms with Crippen LogP contribution in [0.1, 0.15) is 16.5 Å². The van der Waals surface area contributed by atoms with Gasteiger partial charge in [-0.15, -0.1) is 11.6 Å². The summed E-state index contributed by atoms with van der Waals surface area (Å²) in [7, 11) is 1.58. The van der Waals surface area contributed by atoms with Crippen molar-refractivity contribution in [1.29, 1.82) is 0 Å². The van der Waals surface area contributed by atoms with Gasteiger partial charge in [0, 0.05) is 10.0 Å². The Hall–Kier alpha value is -0.770. The van der Waals surface area contributed by atoms with E-state index in [0.29, 0.717) is 11.3 Å². The number of halogens is 4. The molecule has 0 aliphatic rings. The van der Waals surface area contributed by atoms with Crippen LogP contribution in [-0.4, -0.2) is 7.11 Å². The van der Waals surface area contributed by atoms with E-state index in [1.165, 1.54) is 12.1 Å². The lowest BCUT2D eigenvalue weighted by Crippen LogP contribution is -1.98. The third-order valence-electron chi connectivity index (χ3n) is 2.70. The van der Waals surface area contributed by atoms with Crippen molar-refractivity contribution >= 4 is 39.1 Å². The first-order valence-electron chi connectivity index (χ1n) is 5.45. The maximum absolute atomic E-state index is 13.2. The zero-order valence-corrected chi connectivity index (χ0v) is 13.1. The molecule has 100 valence electrons. The molecule has 0 spiro atoms. The molecule has 0 radical (unpaired) electrons. The van der Waals surface area contributed by atoms with Crippen LogP contribution in [0.4, 0.5) is 4.39 Å². The second kappa shape index (κ2) is 6.12. The maximum Gasteiger partial charge on any atom is 0.141 e. The lowest BCUT2D eigenvalue weighted by atomic mass is 10.0. The SMILES string of the molecule is COc1ccc(Br)cc1C(Cl)c1ccc(F)c(Cl)c1. The van der Waals surface area contributed by atoms with Gasteiger partial charge in [0.2, 0.25) is 0 Å². The minimum Gasteiger partial charge on any atom is -0.496 e. The summed E-state index contributed by atoms with van der Waals surface area (Å²) in [6.07, 6.45) is 0. The molecule has 2 aromatic rings. The predicted octanol–water partition coefficient (Wildman–Crippen LogP) is 5.58. The van der Waals surface area contributed by atoms with E-state index in [-0.39, 0.29) is 5.02 Å². The largest absolute Gasteiger partial charge is 0.496 e. The van der Waals surface area contributed by atoms with Crippen LogP contribution in [0.5, 0.6) is 5.75 Å². The van der Waals surface area contributed by atoms with Crippen molar-refractivity contribution < 1.29 is 9.13 Å². The zero-order valence-electron chi connectivity index (χ0n) is 9.96. The zero-order chi connectivity index (χ0) is 14.0. The molecule has 0 fully saturated rings. The van der Waals surface area contributed by atoms with E-state index >= 15 is 0 Å². The second-order valence-electron chi connectivity index (χ2n) is 3.92. The van der Waals surface area contributed by atoms with Gasteiger partial charge in [-0.05, 0) is 35.9 Å². The molecule has 0 aliphatic heterocycles. The van der Waals surface area contributed by atoms with E-state index in [0.717, 1.165) is 10.0 Å². The molecule has 0 heterocycles. The van der Waals surface area contributed by atoms with Crippen molar-refractivity contribution in [2.45, 2.75) is 5.38 Å². The summed E-state index contributed by atoms with van der Waals surface area (Å²) in [6, 6.07) is 9.99. The molecule has 0 saturated heterocycles. The smallest absolute Gasteiger partial charge is 0.141 e. The highest BCUT2D eigenvalue weighted by Crippen LogP contribution is 2.37. The first-order valence-corrected chi connectivity index (χ1v) is 7.06. The van der Waals surface area contributed by atoms with Gasteiger partial charge in [0.05, 0.1) is 17.5 Å². The van der Waals surface area contributed by atoms with Crippen LogP contribution in [0, 0.1) is 5.82 Å². The maximum atomic E-state index is 13.2. The third-order valence-corrected chi connectivity index (χ3v) is 3.97. The number of ether oxygens (including phenoxy) is 1. The van der Waals surface area contributed by atoms with Gasteiger partial charge in [-0.1, -0.05) is 33.6 Å². The van der Waals surface area contributed by atoms with Gasteiger partial charge in [0.25, 0.3) is 0 Å². The van der Waals surface area contributed by atoms with Crippen molar-refractivity contribution in [3.05, 3.63) is 62.8 Å². The average Bonchev–Trinajstić information content (AvgIpc) is 2.41. The quantitative estimate of drug-likeness (QED) is 0.647. The van der Waals surface area contributed by atoms with E-state index in [9.17, 15) is 4.39 Å². The Bertz CT molecular complexity index is 604. The molecule has 0 N–H and O–H groups in total. The third kappa shape index (κ3) is 3.22. The van der Waals surface area contributed by atoms with E-state index in [4.69, 9.17) is 27.9 Å². The Labute approximate surface area is 129 Å². The molecule has 1 unspecified atom stereocenters. The number of benzene rings is 2. The Kier molecular flexibility index (Phi) is 4.71. The number of hydrogen-bond acceptors (Lipinski definition) is 1. The number of hydrogen-bond donors (Lipinski definition) is 0. The molecule has 0 amide bonds. The first kappa shape index (κ1) is 14.6. The molecular formula is C14H10BrCl2FO. The van der Waals surface area contributed by atoms with Crippen molar-refractivity contribution in [3.63, 3.8) is 0 Å². The van der Waals surface area contributed by atoms with Gasteiger partial charge in [-0.25, -0.2) is 4.39 Å².